The lowest BCUT2D eigenvalue weighted by atomic mass is 10.2. The molecule has 0 aliphatic heterocycles. The molecule has 0 spiro atoms. The lowest BCUT2D eigenvalue weighted by Gasteiger charge is -2.05. The molecule has 1 N–H and O–H groups in total. The van der Waals surface area contributed by atoms with Gasteiger partial charge in [0.1, 0.15) is 5.75 Å². The second-order valence-electron chi connectivity index (χ2n) is 4.16. The Bertz CT molecular complexity index is 496. The van der Waals surface area contributed by atoms with Crippen LogP contribution in [0, 0.1) is 6.92 Å². The molecule has 0 radical (unpaired) electrons. The van der Waals surface area contributed by atoms with Crippen LogP contribution in [-0.4, -0.2) is 16.7 Å². The van der Waals surface area contributed by atoms with Crippen molar-refractivity contribution < 1.29 is 9.84 Å². The van der Waals surface area contributed by atoms with Crippen LogP contribution in [0.3, 0.4) is 0 Å². The number of hydrogen-bond donors (Lipinski definition) is 1. The molecule has 2 rings (SSSR count). The lowest BCUT2D eigenvalue weighted by Crippen LogP contribution is -1.99. The van der Waals surface area contributed by atoms with Crippen molar-refractivity contribution in [1.29, 1.82) is 0 Å². The van der Waals surface area contributed by atoms with Crippen LogP contribution in [0.1, 0.15) is 22.7 Å². The number of aliphatic hydroxyl groups excluding tert-OH is 1. The van der Waals surface area contributed by atoms with Gasteiger partial charge in [0.05, 0.1) is 23.9 Å². The first-order valence-corrected chi connectivity index (χ1v) is 6.89. The van der Waals surface area contributed by atoms with Gasteiger partial charge in [-0.25, -0.2) is 4.98 Å². The molecular weight excluding hydrogens is 246 g/mol. The highest BCUT2D eigenvalue weighted by atomic mass is 32.1. The molecule has 0 amide bonds. The minimum absolute atomic E-state index is 0.0241. The summed E-state index contributed by atoms with van der Waals surface area (Å²) in [4.78, 5) is 4.30. The molecule has 0 unspecified atom stereocenters. The second kappa shape index (κ2) is 6.52. The van der Waals surface area contributed by atoms with E-state index >= 15 is 0 Å². The van der Waals surface area contributed by atoms with Crippen LogP contribution in [0.4, 0.5) is 0 Å². The van der Waals surface area contributed by atoms with E-state index in [2.05, 4.69) is 18.0 Å². The summed E-state index contributed by atoms with van der Waals surface area (Å²) in [5.74, 6) is 0.921. The molecule has 0 saturated carbocycles. The van der Waals surface area contributed by atoms with E-state index in [-0.39, 0.29) is 6.61 Å². The van der Waals surface area contributed by atoms with Crippen LogP contribution in [0.25, 0.3) is 0 Å². The summed E-state index contributed by atoms with van der Waals surface area (Å²) in [6, 6.07) is 8.06. The molecule has 0 bridgehead atoms. The monoisotopic (exact) mass is 263 g/mol. The van der Waals surface area contributed by atoms with Crippen molar-refractivity contribution in [2.24, 2.45) is 0 Å². The van der Waals surface area contributed by atoms with Gasteiger partial charge in [0.2, 0.25) is 0 Å². The fourth-order valence-corrected chi connectivity index (χ4v) is 2.49. The van der Waals surface area contributed by atoms with Crippen molar-refractivity contribution in [3.05, 3.63) is 45.9 Å². The first-order valence-electron chi connectivity index (χ1n) is 6.01. The number of nitrogens with zero attached hydrogens (tertiary/aromatic N) is 1. The predicted octanol–water partition coefficient (Wildman–Crippen LogP) is 2.96. The maximum Gasteiger partial charge on any atom is 0.119 e. The van der Waals surface area contributed by atoms with Crippen molar-refractivity contribution >= 4 is 11.3 Å². The highest BCUT2D eigenvalue weighted by Crippen LogP contribution is 2.14. The van der Waals surface area contributed by atoms with E-state index in [0.29, 0.717) is 6.61 Å². The highest BCUT2D eigenvalue weighted by Gasteiger charge is 2.01. The number of rotatable bonds is 6. The minimum Gasteiger partial charge on any atom is -0.494 e. The third-order valence-corrected chi connectivity index (χ3v) is 3.51. The Morgan fingerprint density at radius 3 is 3.00 bits per heavy atom. The van der Waals surface area contributed by atoms with Gasteiger partial charge < -0.3 is 9.84 Å². The molecular formula is C14H17NO2S. The van der Waals surface area contributed by atoms with E-state index in [1.807, 2.05) is 23.6 Å². The molecule has 1 heterocycles. The summed E-state index contributed by atoms with van der Waals surface area (Å²) in [5, 5.41) is 11.9. The van der Waals surface area contributed by atoms with Gasteiger partial charge >= 0.3 is 0 Å². The number of benzene rings is 1. The molecule has 0 aliphatic rings. The Morgan fingerprint density at radius 1 is 1.39 bits per heavy atom. The maximum absolute atomic E-state index is 8.92. The van der Waals surface area contributed by atoms with E-state index < -0.39 is 0 Å². The predicted molar refractivity (Wildman–Crippen MR) is 73.0 cm³/mol. The van der Waals surface area contributed by atoms with Gasteiger partial charge in [-0.05, 0) is 31.0 Å². The summed E-state index contributed by atoms with van der Waals surface area (Å²) in [6.45, 7) is 2.77. The van der Waals surface area contributed by atoms with Gasteiger partial charge in [-0.1, -0.05) is 12.1 Å². The van der Waals surface area contributed by atoms with Crippen LogP contribution < -0.4 is 4.74 Å². The molecule has 1 aromatic carbocycles. The molecule has 96 valence electrons. The molecule has 0 aliphatic carbocycles. The first-order chi connectivity index (χ1) is 8.78. The van der Waals surface area contributed by atoms with Crippen LogP contribution >= 0.6 is 11.3 Å². The molecule has 1 aromatic heterocycles. The second-order valence-corrected chi connectivity index (χ2v) is 5.10. The Hall–Kier alpha value is -1.39. The average Bonchev–Trinajstić information content (AvgIpc) is 2.83. The van der Waals surface area contributed by atoms with E-state index in [1.165, 1.54) is 5.56 Å². The molecule has 0 atom stereocenters. The summed E-state index contributed by atoms with van der Waals surface area (Å²) in [5.41, 5.74) is 1.97. The highest BCUT2D eigenvalue weighted by molar-refractivity contribution is 7.09. The summed E-state index contributed by atoms with van der Waals surface area (Å²) < 4.78 is 5.67. The van der Waals surface area contributed by atoms with Crippen LogP contribution in [-0.2, 0) is 13.0 Å². The SMILES string of the molecule is Cc1cccc(OCCCc2nc(CO)cs2)c1. The van der Waals surface area contributed by atoms with Gasteiger partial charge in [-0.3, -0.25) is 0 Å². The zero-order valence-electron chi connectivity index (χ0n) is 10.4. The van der Waals surface area contributed by atoms with E-state index in [1.54, 1.807) is 11.3 Å². The van der Waals surface area contributed by atoms with Crippen LogP contribution in [0.2, 0.25) is 0 Å². The molecule has 2 aromatic rings. The normalized spacial score (nSPS) is 10.6. The zero-order valence-corrected chi connectivity index (χ0v) is 11.2. The van der Waals surface area contributed by atoms with Crippen LogP contribution in [0.15, 0.2) is 29.6 Å². The van der Waals surface area contributed by atoms with Gasteiger partial charge in [0.25, 0.3) is 0 Å². The number of aromatic nitrogens is 1. The Labute approximate surface area is 111 Å². The minimum atomic E-state index is 0.0241. The fourth-order valence-electron chi connectivity index (χ4n) is 1.65. The number of ether oxygens (including phenoxy) is 1. The lowest BCUT2D eigenvalue weighted by molar-refractivity contribution is 0.277. The topological polar surface area (TPSA) is 42.4 Å². The summed E-state index contributed by atoms with van der Waals surface area (Å²) >= 11 is 1.60. The maximum atomic E-state index is 8.92. The number of thiazole rings is 1. The molecule has 18 heavy (non-hydrogen) atoms. The number of aliphatic hydroxyl groups is 1. The number of hydrogen-bond acceptors (Lipinski definition) is 4. The van der Waals surface area contributed by atoms with E-state index in [9.17, 15) is 0 Å². The molecule has 0 fully saturated rings. The Balaban J connectivity index is 1.72. The Kier molecular flexibility index (Phi) is 4.73. The van der Waals surface area contributed by atoms with Crippen molar-refractivity contribution in [2.75, 3.05) is 6.61 Å². The largest absolute Gasteiger partial charge is 0.494 e. The zero-order chi connectivity index (χ0) is 12.8. The van der Waals surface area contributed by atoms with Gasteiger partial charge in [-0.15, -0.1) is 11.3 Å². The molecule has 3 nitrogen and oxygen atoms in total. The third kappa shape index (κ3) is 3.82. The van der Waals surface area contributed by atoms with Crippen molar-refractivity contribution in [3.8, 4) is 5.75 Å². The number of aryl methyl sites for hydroxylation is 2. The Morgan fingerprint density at radius 2 is 2.28 bits per heavy atom. The molecule has 4 heteroatoms. The first kappa shape index (κ1) is 13.1. The molecule has 0 saturated heterocycles. The van der Waals surface area contributed by atoms with E-state index in [4.69, 9.17) is 9.84 Å². The smallest absolute Gasteiger partial charge is 0.119 e. The van der Waals surface area contributed by atoms with Gasteiger partial charge in [0, 0.05) is 11.8 Å². The van der Waals surface area contributed by atoms with Crippen molar-refractivity contribution in [2.45, 2.75) is 26.4 Å². The fraction of sp³-hybridized carbons (Fsp3) is 0.357. The van der Waals surface area contributed by atoms with E-state index in [0.717, 1.165) is 29.3 Å². The van der Waals surface area contributed by atoms with Crippen molar-refractivity contribution in [1.82, 2.24) is 4.98 Å². The summed E-state index contributed by atoms with van der Waals surface area (Å²) in [7, 11) is 0. The van der Waals surface area contributed by atoms with Crippen LogP contribution in [0.5, 0.6) is 5.75 Å². The van der Waals surface area contributed by atoms with Gasteiger partial charge in [0.15, 0.2) is 0 Å². The standard InChI is InChI=1S/C14H17NO2S/c1-11-4-2-5-13(8-11)17-7-3-6-14-15-12(9-16)10-18-14/h2,4-5,8,10,16H,3,6-7,9H2,1H3. The quantitative estimate of drug-likeness (QED) is 0.815. The third-order valence-electron chi connectivity index (χ3n) is 2.55. The van der Waals surface area contributed by atoms with Gasteiger partial charge in [-0.2, -0.15) is 0 Å². The summed E-state index contributed by atoms with van der Waals surface area (Å²) in [6.07, 6.45) is 1.84. The van der Waals surface area contributed by atoms with Crippen molar-refractivity contribution in [3.63, 3.8) is 0 Å². The average molecular weight is 263 g/mol.